The van der Waals surface area contributed by atoms with Gasteiger partial charge in [-0.25, -0.2) is 4.98 Å². The average Bonchev–Trinajstić information content (AvgIpc) is 2.84. The van der Waals surface area contributed by atoms with Crippen LogP contribution in [0.1, 0.15) is 18.1 Å². The van der Waals surface area contributed by atoms with Crippen LogP contribution in [0.15, 0.2) is 36.7 Å². The van der Waals surface area contributed by atoms with Gasteiger partial charge in [0.2, 0.25) is 5.95 Å². The highest BCUT2D eigenvalue weighted by atomic mass is 16.3. The Labute approximate surface area is 101 Å². The number of aliphatic hydroxyl groups is 1. The highest BCUT2D eigenvalue weighted by molar-refractivity contribution is 5.30. The maximum atomic E-state index is 8.95. The number of nitrogens with one attached hydrogen (secondary N) is 1. The Morgan fingerprint density at radius 1 is 1.24 bits per heavy atom. The fourth-order valence-corrected chi connectivity index (χ4v) is 1.68. The van der Waals surface area contributed by atoms with Crippen LogP contribution >= 0.6 is 0 Å². The summed E-state index contributed by atoms with van der Waals surface area (Å²) in [7, 11) is 0. The molecule has 17 heavy (non-hydrogen) atoms. The van der Waals surface area contributed by atoms with Gasteiger partial charge in [0.15, 0.2) is 0 Å². The predicted octanol–water partition coefficient (Wildman–Crippen LogP) is 2.01. The Balaban J connectivity index is 1.97. The Morgan fingerprint density at radius 3 is 2.59 bits per heavy atom. The molecule has 0 unspecified atom stereocenters. The largest absolute Gasteiger partial charge is 0.392 e. The molecule has 0 spiro atoms. The van der Waals surface area contributed by atoms with E-state index in [1.54, 1.807) is 6.20 Å². The first kappa shape index (κ1) is 11.7. The minimum absolute atomic E-state index is 0.0912. The molecule has 4 nitrogen and oxygen atoms in total. The van der Waals surface area contributed by atoms with Crippen molar-refractivity contribution in [3.8, 4) is 0 Å². The van der Waals surface area contributed by atoms with Gasteiger partial charge in [0.05, 0.1) is 6.61 Å². The summed E-state index contributed by atoms with van der Waals surface area (Å²) in [6.45, 7) is 3.82. The summed E-state index contributed by atoms with van der Waals surface area (Å²) in [5.41, 5.74) is 2.11. The summed E-state index contributed by atoms with van der Waals surface area (Å²) in [5, 5.41) is 12.2. The highest BCUT2D eigenvalue weighted by Gasteiger charge is 2.00. The molecule has 0 aliphatic heterocycles. The number of nitrogens with zero attached hydrogens (tertiary/aromatic N) is 2. The summed E-state index contributed by atoms with van der Waals surface area (Å²) < 4.78 is 2.06. The van der Waals surface area contributed by atoms with Crippen molar-refractivity contribution in [1.29, 1.82) is 0 Å². The van der Waals surface area contributed by atoms with Crippen LogP contribution in [-0.2, 0) is 19.7 Å². The third kappa shape index (κ3) is 2.85. The van der Waals surface area contributed by atoms with Gasteiger partial charge in [-0.15, -0.1) is 0 Å². The van der Waals surface area contributed by atoms with Gasteiger partial charge in [0, 0.05) is 25.5 Å². The number of imidazole rings is 1. The van der Waals surface area contributed by atoms with E-state index in [-0.39, 0.29) is 6.61 Å². The zero-order chi connectivity index (χ0) is 12.1. The number of benzene rings is 1. The molecule has 2 N–H and O–H groups in total. The molecule has 90 valence electrons. The summed E-state index contributed by atoms with van der Waals surface area (Å²) in [4.78, 5) is 4.25. The highest BCUT2D eigenvalue weighted by Crippen LogP contribution is 2.08. The Bertz CT molecular complexity index is 462. The summed E-state index contributed by atoms with van der Waals surface area (Å²) in [6, 6.07) is 7.89. The second-order valence-corrected chi connectivity index (χ2v) is 3.87. The molecule has 2 rings (SSSR count). The molecule has 0 aliphatic carbocycles. The molecule has 0 atom stereocenters. The van der Waals surface area contributed by atoms with E-state index in [0.29, 0.717) is 0 Å². The van der Waals surface area contributed by atoms with E-state index < -0.39 is 0 Å². The van der Waals surface area contributed by atoms with Crippen LogP contribution < -0.4 is 5.32 Å². The molecular formula is C13H17N3O. The van der Waals surface area contributed by atoms with Gasteiger partial charge < -0.3 is 15.0 Å². The smallest absolute Gasteiger partial charge is 0.203 e. The third-order valence-electron chi connectivity index (χ3n) is 2.71. The lowest BCUT2D eigenvalue weighted by atomic mass is 10.1. The monoisotopic (exact) mass is 231 g/mol. The van der Waals surface area contributed by atoms with Crippen molar-refractivity contribution in [2.75, 3.05) is 5.32 Å². The molecule has 0 radical (unpaired) electrons. The molecule has 0 amide bonds. The van der Waals surface area contributed by atoms with E-state index in [2.05, 4.69) is 21.8 Å². The maximum absolute atomic E-state index is 8.95. The van der Waals surface area contributed by atoms with E-state index in [4.69, 9.17) is 5.11 Å². The van der Waals surface area contributed by atoms with Crippen LogP contribution in [0.25, 0.3) is 0 Å². The van der Waals surface area contributed by atoms with Crippen molar-refractivity contribution in [2.24, 2.45) is 0 Å². The lowest BCUT2D eigenvalue weighted by molar-refractivity contribution is 0.282. The molecule has 0 fully saturated rings. The number of anilines is 1. The summed E-state index contributed by atoms with van der Waals surface area (Å²) >= 11 is 0. The Morgan fingerprint density at radius 2 is 1.94 bits per heavy atom. The molecule has 0 bridgehead atoms. The number of aryl methyl sites for hydroxylation is 1. The summed E-state index contributed by atoms with van der Waals surface area (Å²) in [5.74, 6) is 0.888. The van der Waals surface area contributed by atoms with Crippen LogP contribution in [0.2, 0.25) is 0 Å². The normalized spacial score (nSPS) is 10.5. The SMILES string of the molecule is CCn1ccnc1NCc1ccc(CO)cc1. The van der Waals surface area contributed by atoms with Crippen LogP contribution in [0.5, 0.6) is 0 Å². The van der Waals surface area contributed by atoms with Crippen molar-refractivity contribution < 1.29 is 5.11 Å². The molecule has 0 aliphatic rings. The molecule has 0 saturated carbocycles. The first-order chi connectivity index (χ1) is 8.33. The van der Waals surface area contributed by atoms with E-state index >= 15 is 0 Å². The molecule has 4 heteroatoms. The van der Waals surface area contributed by atoms with Crippen LogP contribution in [-0.4, -0.2) is 14.7 Å². The van der Waals surface area contributed by atoms with E-state index in [1.165, 1.54) is 5.56 Å². The van der Waals surface area contributed by atoms with Gasteiger partial charge in [-0.1, -0.05) is 24.3 Å². The van der Waals surface area contributed by atoms with E-state index in [0.717, 1.165) is 24.6 Å². The number of hydrogen-bond acceptors (Lipinski definition) is 3. The fraction of sp³-hybridized carbons (Fsp3) is 0.308. The van der Waals surface area contributed by atoms with Crippen LogP contribution in [0.3, 0.4) is 0 Å². The third-order valence-corrected chi connectivity index (χ3v) is 2.71. The first-order valence-electron chi connectivity index (χ1n) is 5.77. The first-order valence-corrected chi connectivity index (χ1v) is 5.77. The number of aromatic nitrogens is 2. The fourth-order valence-electron chi connectivity index (χ4n) is 1.68. The van der Waals surface area contributed by atoms with Crippen LogP contribution in [0.4, 0.5) is 5.95 Å². The second-order valence-electron chi connectivity index (χ2n) is 3.87. The topological polar surface area (TPSA) is 50.1 Å². The number of rotatable bonds is 5. The van der Waals surface area contributed by atoms with Crippen molar-refractivity contribution in [3.63, 3.8) is 0 Å². The van der Waals surface area contributed by atoms with Crippen LogP contribution in [0, 0.1) is 0 Å². The minimum atomic E-state index is 0.0912. The average molecular weight is 231 g/mol. The van der Waals surface area contributed by atoms with E-state index in [1.807, 2.05) is 30.5 Å². The molecule has 1 aromatic heterocycles. The van der Waals surface area contributed by atoms with Crippen molar-refractivity contribution in [2.45, 2.75) is 26.6 Å². The predicted molar refractivity (Wildman–Crippen MR) is 67.6 cm³/mol. The van der Waals surface area contributed by atoms with Gasteiger partial charge >= 0.3 is 0 Å². The van der Waals surface area contributed by atoms with E-state index in [9.17, 15) is 0 Å². The molecule has 2 aromatic rings. The molecule has 0 saturated heterocycles. The van der Waals surface area contributed by atoms with Crippen molar-refractivity contribution in [3.05, 3.63) is 47.8 Å². The van der Waals surface area contributed by atoms with Crippen molar-refractivity contribution >= 4 is 5.95 Å². The second kappa shape index (κ2) is 5.50. The summed E-state index contributed by atoms with van der Waals surface area (Å²) in [6.07, 6.45) is 3.75. The van der Waals surface area contributed by atoms with Crippen molar-refractivity contribution in [1.82, 2.24) is 9.55 Å². The molecule has 1 heterocycles. The quantitative estimate of drug-likeness (QED) is 0.827. The van der Waals surface area contributed by atoms with Gasteiger partial charge in [-0.3, -0.25) is 0 Å². The number of hydrogen-bond donors (Lipinski definition) is 2. The molecular weight excluding hydrogens is 214 g/mol. The Kier molecular flexibility index (Phi) is 3.77. The lowest BCUT2D eigenvalue weighted by Gasteiger charge is -2.08. The zero-order valence-electron chi connectivity index (χ0n) is 9.93. The number of aliphatic hydroxyl groups excluding tert-OH is 1. The van der Waals surface area contributed by atoms with Gasteiger partial charge in [-0.2, -0.15) is 0 Å². The lowest BCUT2D eigenvalue weighted by Crippen LogP contribution is -2.06. The van der Waals surface area contributed by atoms with Gasteiger partial charge in [0.25, 0.3) is 0 Å². The molecule has 1 aromatic carbocycles. The van der Waals surface area contributed by atoms with Gasteiger partial charge in [0.1, 0.15) is 0 Å². The minimum Gasteiger partial charge on any atom is -0.392 e. The van der Waals surface area contributed by atoms with Gasteiger partial charge in [-0.05, 0) is 18.1 Å². The Hall–Kier alpha value is -1.81. The zero-order valence-corrected chi connectivity index (χ0v) is 9.93. The maximum Gasteiger partial charge on any atom is 0.203 e. The standard InChI is InChI=1S/C13H17N3O/c1-2-16-8-7-14-13(16)15-9-11-3-5-12(10-17)6-4-11/h3-8,17H,2,9-10H2,1H3,(H,14,15).